The molecule has 0 saturated heterocycles. The number of aliphatic hydroxyl groups is 1. The van der Waals surface area contributed by atoms with Crippen LogP contribution in [-0.4, -0.2) is 34.8 Å². The van der Waals surface area contributed by atoms with Crippen molar-refractivity contribution in [3.63, 3.8) is 0 Å². The second-order valence-corrected chi connectivity index (χ2v) is 6.13. The van der Waals surface area contributed by atoms with Crippen molar-refractivity contribution in [3.8, 4) is 0 Å². The molecular formula is C12H25NOS. The molecule has 2 nitrogen and oxygen atoms in total. The van der Waals surface area contributed by atoms with Crippen molar-refractivity contribution in [2.45, 2.75) is 63.3 Å². The molecule has 0 aliphatic heterocycles. The minimum atomic E-state index is 0.262. The van der Waals surface area contributed by atoms with Crippen LogP contribution in [0.1, 0.15) is 46.0 Å². The zero-order valence-electron chi connectivity index (χ0n) is 10.0. The normalized spacial score (nSPS) is 20.8. The third kappa shape index (κ3) is 5.79. The Balaban J connectivity index is 2.14. The maximum absolute atomic E-state index is 9.23. The summed E-state index contributed by atoms with van der Waals surface area (Å²) < 4.78 is 0. The fourth-order valence-electron chi connectivity index (χ4n) is 2.11. The molecule has 0 amide bonds. The first kappa shape index (κ1) is 13.3. The Hall–Kier alpha value is 0.270. The number of thioether (sulfide) groups is 1. The van der Waals surface area contributed by atoms with Crippen molar-refractivity contribution in [2.75, 3.05) is 12.4 Å². The van der Waals surface area contributed by atoms with Gasteiger partial charge in [0.1, 0.15) is 0 Å². The third-order valence-electron chi connectivity index (χ3n) is 2.87. The van der Waals surface area contributed by atoms with Crippen molar-refractivity contribution in [1.82, 2.24) is 5.32 Å². The van der Waals surface area contributed by atoms with E-state index in [1.165, 1.54) is 32.1 Å². The van der Waals surface area contributed by atoms with Crippen LogP contribution in [0.5, 0.6) is 0 Å². The first-order chi connectivity index (χ1) is 7.22. The summed E-state index contributed by atoms with van der Waals surface area (Å²) in [5, 5.41) is 13.5. The molecule has 3 heteroatoms. The number of nitrogens with one attached hydrogen (secondary N) is 1. The SMILES string of the molecule is CC(C)NC(CO)CSC1CCCCC1. The van der Waals surface area contributed by atoms with Gasteiger partial charge in [-0.25, -0.2) is 0 Å². The van der Waals surface area contributed by atoms with E-state index in [0.29, 0.717) is 6.04 Å². The van der Waals surface area contributed by atoms with Gasteiger partial charge in [-0.2, -0.15) is 11.8 Å². The molecule has 1 saturated carbocycles. The number of rotatable bonds is 6. The van der Waals surface area contributed by atoms with Crippen molar-refractivity contribution in [3.05, 3.63) is 0 Å². The average Bonchev–Trinajstić information content (AvgIpc) is 2.25. The molecule has 1 fully saturated rings. The summed E-state index contributed by atoms with van der Waals surface area (Å²) in [7, 11) is 0. The Bertz CT molecular complexity index is 158. The van der Waals surface area contributed by atoms with Gasteiger partial charge in [-0.1, -0.05) is 33.1 Å². The molecule has 0 spiro atoms. The van der Waals surface area contributed by atoms with E-state index < -0.39 is 0 Å². The zero-order chi connectivity index (χ0) is 11.1. The van der Waals surface area contributed by atoms with Gasteiger partial charge in [0.05, 0.1) is 6.61 Å². The van der Waals surface area contributed by atoms with Crippen LogP contribution in [0.2, 0.25) is 0 Å². The molecule has 1 aliphatic rings. The Morgan fingerprint density at radius 3 is 2.47 bits per heavy atom. The molecule has 0 aromatic rings. The van der Waals surface area contributed by atoms with Crippen molar-refractivity contribution in [2.24, 2.45) is 0 Å². The van der Waals surface area contributed by atoms with E-state index in [1.54, 1.807) is 0 Å². The molecule has 0 radical (unpaired) electrons. The van der Waals surface area contributed by atoms with Crippen LogP contribution in [0, 0.1) is 0 Å². The van der Waals surface area contributed by atoms with Crippen molar-refractivity contribution < 1.29 is 5.11 Å². The summed E-state index contributed by atoms with van der Waals surface area (Å²) in [6, 6.07) is 0.742. The minimum absolute atomic E-state index is 0.262. The lowest BCUT2D eigenvalue weighted by atomic mass is 10.0. The molecule has 0 bridgehead atoms. The van der Waals surface area contributed by atoms with E-state index in [9.17, 15) is 5.11 Å². The van der Waals surface area contributed by atoms with Gasteiger partial charge >= 0.3 is 0 Å². The summed E-state index contributed by atoms with van der Waals surface area (Å²) in [6.07, 6.45) is 6.98. The summed E-state index contributed by atoms with van der Waals surface area (Å²) in [6.45, 7) is 4.53. The van der Waals surface area contributed by atoms with Gasteiger partial charge in [-0.05, 0) is 12.8 Å². The molecule has 90 valence electrons. The predicted octanol–water partition coefficient (Wildman–Crippen LogP) is 2.41. The number of hydrogen-bond donors (Lipinski definition) is 2. The highest BCUT2D eigenvalue weighted by Gasteiger charge is 2.16. The molecule has 2 N–H and O–H groups in total. The standard InChI is InChI=1S/C12H25NOS/c1-10(2)13-11(8-14)9-15-12-6-4-3-5-7-12/h10-14H,3-9H2,1-2H3. The van der Waals surface area contributed by atoms with E-state index in [4.69, 9.17) is 0 Å². The predicted molar refractivity (Wildman–Crippen MR) is 68.5 cm³/mol. The zero-order valence-corrected chi connectivity index (χ0v) is 10.9. The highest BCUT2D eigenvalue weighted by atomic mass is 32.2. The number of hydrogen-bond acceptors (Lipinski definition) is 3. The molecule has 0 heterocycles. The second kappa shape index (κ2) is 7.53. The van der Waals surface area contributed by atoms with E-state index in [2.05, 4.69) is 19.2 Å². The monoisotopic (exact) mass is 231 g/mol. The van der Waals surface area contributed by atoms with Crippen LogP contribution in [0.15, 0.2) is 0 Å². The topological polar surface area (TPSA) is 32.3 Å². The molecule has 15 heavy (non-hydrogen) atoms. The van der Waals surface area contributed by atoms with Gasteiger partial charge in [0, 0.05) is 23.1 Å². The molecule has 1 aliphatic carbocycles. The first-order valence-electron chi connectivity index (χ1n) is 6.21. The smallest absolute Gasteiger partial charge is 0.0592 e. The highest BCUT2D eigenvalue weighted by molar-refractivity contribution is 7.99. The second-order valence-electron chi connectivity index (χ2n) is 4.79. The Morgan fingerprint density at radius 1 is 1.27 bits per heavy atom. The quantitative estimate of drug-likeness (QED) is 0.736. The number of aliphatic hydroxyl groups excluding tert-OH is 1. The minimum Gasteiger partial charge on any atom is -0.395 e. The van der Waals surface area contributed by atoms with Crippen LogP contribution in [0.25, 0.3) is 0 Å². The van der Waals surface area contributed by atoms with Gasteiger partial charge in [-0.15, -0.1) is 0 Å². The first-order valence-corrected chi connectivity index (χ1v) is 7.25. The van der Waals surface area contributed by atoms with E-state index in [0.717, 1.165) is 11.0 Å². The van der Waals surface area contributed by atoms with Gasteiger partial charge in [-0.3, -0.25) is 0 Å². The maximum Gasteiger partial charge on any atom is 0.0592 e. The van der Waals surface area contributed by atoms with Crippen LogP contribution < -0.4 is 5.32 Å². The largest absolute Gasteiger partial charge is 0.395 e. The molecule has 1 rings (SSSR count). The van der Waals surface area contributed by atoms with Gasteiger partial charge in [0.25, 0.3) is 0 Å². The molecule has 0 aromatic carbocycles. The summed E-state index contributed by atoms with van der Waals surface area (Å²) >= 11 is 2.05. The van der Waals surface area contributed by atoms with Crippen LogP contribution in [-0.2, 0) is 0 Å². The molecular weight excluding hydrogens is 206 g/mol. The summed E-state index contributed by atoms with van der Waals surface area (Å²) in [5.74, 6) is 1.05. The Kier molecular flexibility index (Phi) is 6.69. The van der Waals surface area contributed by atoms with E-state index >= 15 is 0 Å². The van der Waals surface area contributed by atoms with Crippen LogP contribution in [0.4, 0.5) is 0 Å². The summed E-state index contributed by atoms with van der Waals surface area (Å²) in [5.41, 5.74) is 0. The third-order valence-corrected chi connectivity index (χ3v) is 4.41. The molecule has 0 aromatic heterocycles. The fraction of sp³-hybridized carbons (Fsp3) is 1.00. The highest BCUT2D eigenvalue weighted by Crippen LogP contribution is 2.28. The van der Waals surface area contributed by atoms with Gasteiger partial charge in [0.15, 0.2) is 0 Å². The maximum atomic E-state index is 9.23. The van der Waals surface area contributed by atoms with Gasteiger partial charge < -0.3 is 10.4 Å². The van der Waals surface area contributed by atoms with Crippen LogP contribution >= 0.6 is 11.8 Å². The lowest BCUT2D eigenvalue weighted by Gasteiger charge is -2.24. The van der Waals surface area contributed by atoms with Crippen molar-refractivity contribution in [1.29, 1.82) is 0 Å². The van der Waals surface area contributed by atoms with Gasteiger partial charge in [0.2, 0.25) is 0 Å². The molecule has 1 atom stereocenters. The Morgan fingerprint density at radius 2 is 1.93 bits per heavy atom. The summed E-state index contributed by atoms with van der Waals surface area (Å²) in [4.78, 5) is 0. The Labute approximate surface area is 98.2 Å². The average molecular weight is 231 g/mol. The van der Waals surface area contributed by atoms with Crippen molar-refractivity contribution >= 4 is 11.8 Å². The lowest BCUT2D eigenvalue weighted by Crippen LogP contribution is -2.39. The molecule has 1 unspecified atom stereocenters. The van der Waals surface area contributed by atoms with E-state index in [-0.39, 0.29) is 12.6 Å². The van der Waals surface area contributed by atoms with E-state index in [1.807, 2.05) is 11.8 Å². The fourth-order valence-corrected chi connectivity index (χ4v) is 3.48. The van der Waals surface area contributed by atoms with Crippen LogP contribution in [0.3, 0.4) is 0 Å². The lowest BCUT2D eigenvalue weighted by molar-refractivity contribution is 0.247.